The highest BCUT2D eigenvalue weighted by Crippen LogP contribution is 2.28. The summed E-state index contributed by atoms with van der Waals surface area (Å²) in [6.45, 7) is 4.56. The first kappa shape index (κ1) is 17.8. The van der Waals surface area contributed by atoms with Crippen molar-refractivity contribution in [2.45, 2.75) is 31.2 Å². The van der Waals surface area contributed by atoms with Crippen molar-refractivity contribution in [3.8, 4) is 5.75 Å². The molecule has 1 aromatic carbocycles. The van der Waals surface area contributed by atoms with Gasteiger partial charge in [-0.05, 0) is 55.8 Å². The van der Waals surface area contributed by atoms with E-state index < -0.39 is 10.0 Å². The van der Waals surface area contributed by atoms with Crippen molar-refractivity contribution in [1.29, 1.82) is 0 Å². The van der Waals surface area contributed by atoms with Gasteiger partial charge >= 0.3 is 0 Å². The van der Waals surface area contributed by atoms with Crippen molar-refractivity contribution in [2.24, 2.45) is 0 Å². The number of hydrogen-bond acceptors (Lipinski definition) is 5. The van der Waals surface area contributed by atoms with Crippen LogP contribution in [0.25, 0.3) is 0 Å². The number of hydrogen-bond donors (Lipinski definition) is 1. The lowest BCUT2D eigenvalue weighted by molar-refractivity contribution is 0.356. The number of aromatic nitrogens is 2. The first-order valence-electron chi connectivity index (χ1n) is 8.75. The molecule has 142 valence electrons. The Balaban J connectivity index is 1.60. The third kappa shape index (κ3) is 3.50. The normalized spacial score (nSPS) is 14.7. The standard InChI is InChI=1S/C19H21N3O4S/c1-13-10-14(2)22(21-13)17(19-4-3-8-25-19)12-20-27(23,24)16-5-6-18-15(11-16)7-9-26-18/h3-6,8,10-11,17,20H,7,9,12H2,1-2H3. The topological polar surface area (TPSA) is 86.4 Å². The zero-order chi connectivity index (χ0) is 19.0. The molecule has 0 saturated carbocycles. The Bertz CT molecular complexity index is 1050. The summed E-state index contributed by atoms with van der Waals surface area (Å²) in [5, 5.41) is 4.49. The SMILES string of the molecule is Cc1cc(C)n(C(CNS(=O)(=O)c2ccc3c(c2)CCO3)c2ccco2)n1. The van der Waals surface area contributed by atoms with Gasteiger partial charge in [0, 0.05) is 18.7 Å². The second kappa shape index (κ2) is 6.86. The van der Waals surface area contributed by atoms with E-state index in [1.165, 1.54) is 0 Å². The summed E-state index contributed by atoms with van der Waals surface area (Å²) in [6, 6.07) is 10.1. The zero-order valence-electron chi connectivity index (χ0n) is 15.2. The van der Waals surface area contributed by atoms with Crippen molar-refractivity contribution >= 4 is 10.0 Å². The van der Waals surface area contributed by atoms with E-state index >= 15 is 0 Å². The molecular weight excluding hydrogens is 366 g/mol. The lowest BCUT2D eigenvalue weighted by Gasteiger charge is -2.18. The first-order chi connectivity index (χ1) is 12.9. The average Bonchev–Trinajstić information content (AvgIpc) is 3.36. The minimum absolute atomic E-state index is 0.130. The van der Waals surface area contributed by atoms with Gasteiger partial charge in [0.2, 0.25) is 10.0 Å². The van der Waals surface area contributed by atoms with Crippen LogP contribution in [0.15, 0.2) is 52.0 Å². The second-order valence-electron chi connectivity index (χ2n) is 6.62. The van der Waals surface area contributed by atoms with Crippen LogP contribution in [0.1, 0.15) is 28.8 Å². The van der Waals surface area contributed by atoms with E-state index in [4.69, 9.17) is 9.15 Å². The van der Waals surface area contributed by atoms with Crippen molar-refractivity contribution in [3.05, 3.63) is 65.4 Å². The van der Waals surface area contributed by atoms with E-state index in [-0.39, 0.29) is 17.5 Å². The Morgan fingerprint density at radius 2 is 2.11 bits per heavy atom. The van der Waals surface area contributed by atoms with Crippen LogP contribution in [0.2, 0.25) is 0 Å². The Hall–Kier alpha value is -2.58. The summed E-state index contributed by atoms with van der Waals surface area (Å²) in [4.78, 5) is 0.235. The van der Waals surface area contributed by atoms with E-state index in [1.807, 2.05) is 26.0 Å². The number of fused-ring (bicyclic) bond motifs is 1. The van der Waals surface area contributed by atoms with Crippen LogP contribution in [0.4, 0.5) is 0 Å². The summed E-state index contributed by atoms with van der Waals surface area (Å²) < 4.78 is 41.1. The molecule has 4 rings (SSSR count). The van der Waals surface area contributed by atoms with Crippen LogP contribution in [0.3, 0.4) is 0 Å². The van der Waals surface area contributed by atoms with Crippen LogP contribution in [0, 0.1) is 13.8 Å². The van der Waals surface area contributed by atoms with Crippen molar-refractivity contribution in [1.82, 2.24) is 14.5 Å². The molecule has 1 aliphatic heterocycles. The largest absolute Gasteiger partial charge is 0.493 e. The maximum Gasteiger partial charge on any atom is 0.240 e. The minimum atomic E-state index is -3.67. The monoisotopic (exact) mass is 387 g/mol. The van der Waals surface area contributed by atoms with E-state index in [2.05, 4.69) is 9.82 Å². The fourth-order valence-electron chi connectivity index (χ4n) is 3.35. The molecule has 8 heteroatoms. The molecule has 1 atom stereocenters. The lowest BCUT2D eigenvalue weighted by atomic mass is 10.2. The quantitative estimate of drug-likeness (QED) is 0.703. The van der Waals surface area contributed by atoms with Gasteiger partial charge in [-0.15, -0.1) is 0 Å². The molecule has 0 bridgehead atoms. The van der Waals surface area contributed by atoms with E-state index in [0.717, 1.165) is 29.1 Å². The van der Waals surface area contributed by atoms with Gasteiger partial charge in [0.1, 0.15) is 17.6 Å². The predicted octanol–water partition coefficient (Wildman–Crippen LogP) is 2.60. The summed E-state index contributed by atoms with van der Waals surface area (Å²) >= 11 is 0. The lowest BCUT2D eigenvalue weighted by Crippen LogP contribution is -2.32. The Labute approximate surface area is 158 Å². The fourth-order valence-corrected chi connectivity index (χ4v) is 4.44. The highest BCUT2D eigenvalue weighted by Gasteiger charge is 2.24. The summed E-state index contributed by atoms with van der Waals surface area (Å²) in [5.41, 5.74) is 2.72. The zero-order valence-corrected chi connectivity index (χ0v) is 16.0. The van der Waals surface area contributed by atoms with E-state index in [0.29, 0.717) is 12.4 Å². The highest BCUT2D eigenvalue weighted by molar-refractivity contribution is 7.89. The third-order valence-corrected chi connectivity index (χ3v) is 6.07. The number of ether oxygens (including phenoxy) is 1. The number of benzene rings is 1. The third-order valence-electron chi connectivity index (χ3n) is 4.65. The number of sulfonamides is 1. The summed E-state index contributed by atoms with van der Waals surface area (Å²) in [5.74, 6) is 1.40. The minimum Gasteiger partial charge on any atom is -0.493 e. The maximum absolute atomic E-state index is 12.8. The number of aryl methyl sites for hydroxylation is 2. The molecule has 0 amide bonds. The molecule has 0 spiro atoms. The second-order valence-corrected chi connectivity index (χ2v) is 8.39. The highest BCUT2D eigenvalue weighted by atomic mass is 32.2. The number of nitrogens with zero attached hydrogens (tertiary/aromatic N) is 2. The van der Waals surface area contributed by atoms with Crippen molar-refractivity contribution in [3.63, 3.8) is 0 Å². The van der Waals surface area contributed by atoms with Gasteiger partial charge in [-0.25, -0.2) is 13.1 Å². The van der Waals surface area contributed by atoms with E-state index in [9.17, 15) is 8.42 Å². The molecule has 1 aliphatic rings. The van der Waals surface area contributed by atoms with Gasteiger partial charge in [-0.3, -0.25) is 4.68 Å². The summed E-state index contributed by atoms with van der Waals surface area (Å²) in [6.07, 6.45) is 2.29. The molecule has 1 unspecified atom stereocenters. The molecule has 0 aliphatic carbocycles. The predicted molar refractivity (Wildman–Crippen MR) is 99.4 cm³/mol. The average molecular weight is 387 g/mol. The fraction of sp³-hybridized carbons (Fsp3) is 0.316. The molecule has 27 heavy (non-hydrogen) atoms. The Morgan fingerprint density at radius 1 is 1.26 bits per heavy atom. The number of nitrogens with one attached hydrogen (secondary N) is 1. The van der Waals surface area contributed by atoms with Gasteiger partial charge in [0.05, 0.1) is 23.5 Å². The van der Waals surface area contributed by atoms with Crippen LogP contribution in [0.5, 0.6) is 5.75 Å². The molecule has 2 aromatic heterocycles. The molecule has 3 heterocycles. The van der Waals surface area contributed by atoms with E-state index in [1.54, 1.807) is 35.2 Å². The smallest absolute Gasteiger partial charge is 0.240 e. The molecule has 7 nitrogen and oxygen atoms in total. The Morgan fingerprint density at radius 3 is 2.81 bits per heavy atom. The van der Waals surface area contributed by atoms with Crippen LogP contribution >= 0.6 is 0 Å². The molecule has 3 aromatic rings. The molecule has 0 saturated heterocycles. The Kier molecular flexibility index (Phi) is 4.53. The van der Waals surface area contributed by atoms with Crippen molar-refractivity contribution in [2.75, 3.05) is 13.2 Å². The van der Waals surface area contributed by atoms with Crippen LogP contribution < -0.4 is 9.46 Å². The molecule has 0 radical (unpaired) electrons. The molecular formula is C19H21N3O4S. The van der Waals surface area contributed by atoms with Gasteiger partial charge < -0.3 is 9.15 Å². The maximum atomic E-state index is 12.8. The van der Waals surface area contributed by atoms with Gasteiger partial charge in [0.25, 0.3) is 0 Å². The van der Waals surface area contributed by atoms with Gasteiger partial charge in [0.15, 0.2) is 0 Å². The molecule has 0 fully saturated rings. The number of furan rings is 1. The summed E-state index contributed by atoms with van der Waals surface area (Å²) in [7, 11) is -3.67. The first-order valence-corrected chi connectivity index (χ1v) is 10.2. The van der Waals surface area contributed by atoms with Gasteiger partial charge in [-0.1, -0.05) is 0 Å². The van der Waals surface area contributed by atoms with Crippen LogP contribution in [-0.4, -0.2) is 31.3 Å². The van der Waals surface area contributed by atoms with Gasteiger partial charge in [-0.2, -0.15) is 5.10 Å². The van der Waals surface area contributed by atoms with Crippen molar-refractivity contribution < 1.29 is 17.6 Å². The van der Waals surface area contributed by atoms with Crippen LogP contribution in [-0.2, 0) is 16.4 Å². The number of rotatable bonds is 6. The molecule has 1 N–H and O–H groups in total.